The Hall–Kier alpha value is -8.14. The first-order valence-electron chi connectivity index (χ1n) is 20.7. The predicted octanol–water partition coefficient (Wildman–Crippen LogP) is 16.8. The minimum atomic E-state index is 0.850. The van der Waals surface area contributed by atoms with Crippen LogP contribution in [0.5, 0.6) is 0 Å². The van der Waals surface area contributed by atoms with Gasteiger partial charge >= 0.3 is 0 Å². The van der Waals surface area contributed by atoms with Gasteiger partial charge in [-0.25, -0.2) is 0 Å². The van der Waals surface area contributed by atoms with Crippen molar-refractivity contribution in [1.82, 2.24) is 0 Å². The molecule has 0 radical (unpaired) electrons. The Balaban J connectivity index is 1.03. The van der Waals surface area contributed by atoms with Crippen molar-refractivity contribution in [2.45, 2.75) is 0 Å². The average molecular weight is 780 g/mol. The molecule has 10 aromatic carbocycles. The van der Waals surface area contributed by atoms with Gasteiger partial charge in [0, 0.05) is 32.9 Å². The van der Waals surface area contributed by atoms with Crippen molar-refractivity contribution >= 4 is 71.7 Å². The maximum Gasteiger partial charge on any atom is 0.143 e. The highest BCUT2D eigenvalue weighted by Crippen LogP contribution is 2.46. The van der Waals surface area contributed by atoms with Crippen molar-refractivity contribution in [3.8, 4) is 44.5 Å². The molecule has 0 aliphatic carbocycles. The normalized spacial score (nSPS) is 11.6. The van der Waals surface area contributed by atoms with Crippen molar-refractivity contribution in [1.29, 1.82) is 0 Å². The number of hydrogen-bond donors (Lipinski definition) is 0. The Morgan fingerprint density at radius 1 is 0.279 bits per heavy atom. The molecular weight excluding hydrogens is 743 g/mol. The zero-order chi connectivity index (χ0) is 40.3. The monoisotopic (exact) mass is 779 g/mol. The molecule has 286 valence electrons. The first kappa shape index (κ1) is 34.9. The van der Waals surface area contributed by atoms with E-state index in [1.165, 1.54) is 22.3 Å². The Bertz CT molecular complexity index is 3520. The topological polar surface area (TPSA) is 29.5 Å². The number of furan rings is 2. The molecule has 0 spiro atoms. The molecule has 0 saturated carbocycles. The van der Waals surface area contributed by atoms with E-state index >= 15 is 0 Å². The minimum Gasteiger partial charge on any atom is -0.456 e. The number of anilines is 3. The van der Waals surface area contributed by atoms with E-state index < -0.39 is 0 Å². The number of rotatable bonds is 7. The van der Waals surface area contributed by atoms with E-state index in [1.807, 2.05) is 12.1 Å². The lowest BCUT2D eigenvalue weighted by molar-refractivity contribution is 0.669. The molecule has 12 rings (SSSR count). The number of fused-ring (bicyclic) bond motifs is 8. The van der Waals surface area contributed by atoms with Gasteiger partial charge in [-0.2, -0.15) is 0 Å². The van der Waals surface area contributed by atoms with Gasteiger partial charge in [-0.15, -0.1) is 0 Å². The van der Waals surface area contributed by atoms with Crippen molar-refractivity contribution in [2.24, 2.45) is 0 Å². The molecule has 3 heteroatoms. The number of benzene rings is 10. The molecule has 0 aliphatic heterocycles. The molecule has 2 aromatic heterocycles. The summed E-state index contributed by atoms with van der Waals surface area (Å²) in [6.45, 7) is 0. The fourth-order valence-electron chi connectivity index (χ4n) is 9.07. The number of nitrogens with zero attached hydrogens (tertiary/aromatic N) is 1. The van der Waals surface area contributed by atoms with Crippen LogP contribution in [0.4, 0.5) is 17.1 Å². The summed E-state index contributed by atoms with van der Waals surface area (Å²) in [6.07, 6.45) is 0. The van der Waals surface area contributed by atoms with Crippen LogP contribution in [-0.2, 0) is 0 Å². The number of hydrogen-bond acceptors (Lipinski definition) is 3. The van der Waals surface area contributed by atoms with Crippen LogP contribution in [0.2, 0.25) is 0 Å². The van der Waals surface area contributed by atoms with Crippen LogP contribution in [0.25, 0.3) is 99.2 Å². The van der Waals surface area contributed by atoms with Gasteiger partial charge in [-0.05, 0) is 129 Å². The Morgan fingerprint density at radius 3 is 1.59 bits per heavy atom. The molecule has 2 heterocycles. The highest BCUT2D eigenvalue weighted by atomic mass is 16.3. The lowest BCUT2D eigenvalue weighted by Crippen LogP contribution is -2.10. The fourth-order valence-corrected chi connectivity index (χ4v) is 9.07. The van der Waals surface area contributed by atoms with Gasteiger partial charge < -0.3 is 13.7 Å². The van der Waals surface area contributed by atoms with Crippen LogP contribution in [-0.4, -0.2) is 0 Å². The minimum absolute atomic E-state index is 0.850. The van der Waals surface area contributed by atoms with Crippen molar-refractivity contribution in [2.75, 3.05) is 4.90 Å². The third-order valence-corrected chi connectivity index (χ3v) is 12.0. The molecule has 0 unspecified atom stereocenters. The maximum absolute atomic E-state index is 6.72. The van der Waals surface area contributed by atoms with Crippen molar-refractivity contribution in [3.05, 3.63) is 224 Å². The zero-order valence-electron chi connectivity index (χ0n) is 33.1. The first-order chi connectivity index (χ1) is 30.2. The maximum atomic E-state index is 6.72. The molecule has 0 fully saturated rings. The number of para-hydroxylation sites is 1. The van der Waals surface area contributed by atoms with Crippen molar-refractivity contribution < 1.29 is 8.83 Å². The molecule has 3 nitrogen and oxygen atoms in total. The molecule has 0 aliphatic rings. The molecule has 61 heavy (non-hydrogen) atoms. The SMILES string of the molecule is c1ccc(-c2cc(-c3ccccc3)cc(-c3ccc(N(c4cccc(-c5ccc6c(c5)oc5ccccc56)c4)c4cccc5oc6c7ccccc7ccc6c45)cc3)c2)cc1. The highest BCUT2D eigenvalue weighted by molar-refractivity contribution is 6.19. The van der Waals surface area contributed by atoms with Crippen molar-refractivity contribution in [3.63, 3.8) is 0 Å². The van der Waals surface area contributed by atoms with Gasteiger partial charge in [-0.3, -0.25) is 0 Å². The second-order valence-electron chi connectivity index (χ2n) is 15.7. The second kappa shape index (κ2) is 14.3. The van der Waals surface area contributed by atoms with E-state index in [1.54, 1.807) is 0 Å². The summed E-state index contributed by atoms with van der Waals surface area (Å²) in [7, 11) is 0. The van der Waals surface area contributed by atoms with Gasteiger partial charge in [0.15, 0.2) is 0 Å². The molecule has 0 N–H and O–H groups in total. The highest BCUT2D eigenvalue weighted by Gasteiger charge is 2.21. The Labute approximate surface area is 353 Å². The summed E-state index contributed by atoms with van der Waals surface area (Å²) in [5, 5.41) is 6.67. The lowest BCUT2D eigenvalue weighted by atomic mass is 9.93. The second-order valence-corrected chi connectivity index (χ2v) is 15.7. The lowest BCUT2D eigenvalue weighted by Gasteiger charge is -2.27. The average Bonchev–Trinajstić information content (AvgIpc) is 3.91. The quantitative estimate of drug-likeness (QED) is 0.161. The van der Waals surface area contributed by atoms with E-state index in [9.17, 15) is 0 Å². The van der Waals surface area contributed by atoms with E-state index in [0.717, 1.165) is 94.0 Å². The fraction of sp³-hybridized carbons (Fsp3) is 0. The van der Waals surface area contributed by atoms with Crippen LogP contribution >= 0.6 is 0 Å². The largest absolute Gasteiger partial charge is 0.456 e. The van der Waals surface area contributed by atoms with Crippen LogP contribution in [0.15, 0.2) is 233 Å². The summed E-state index contributed by atoms with van der Waals surface area (Å²) >= 11 is 0. The van der Waals surface area contributed by atoms with Crippen LogP contribution < -0.4 is 4.90 Å². The molecule has 0 atom stereocenters. The van der Waals surface area contributed by atoms with Gasteiger partial charge in [0.25, 0.3) is 0 Å². The molecule has 0 saturated heterocycles. The molecule has 12 aromatic rings. The zero-order valence-corrected chi connectivity index (χ0v) is 33.1. The molecule has 0 bridgehead atoms. The van der Waals surface area contributed by atoms with Gasteiger partial charge in [0.1, 0.15) is 22.3 Å². The summed E-state index contributed by atoms with van der Waals surface area (Å²) in [5.41, 5.74) is 15.9. The summed E-state index contributed by atoms with van der Waals surface area (Å²) < 4.78 is 13.1. The standard InChI is InChI=1S/C58H37NO2/c1-3-13-38(14-4-1)44-33-45(39-15-5-2-6-16-39)35-46(34-44)40-25-29-47(30-26-40)59(53-22-12-24-55-57(53)52-32-27-41-17-7-8-20-49(41)58(52)61-55)48-19-11-18-42(36-48)43-28-31-51-50-21-9-10-23-54(50)60-56(51)37-43/h1-37H. The smallest absolute Gasteiger partial charge is 0.143 e. The van der Waals surface area contributed by atoms with E-state index in [-0.39, 0.29) is 0 Å². The van der Waals surface area contributed by atoms with Crippen LogP contribution in [0.1, 0.15) is 0 Å². The predicted molar refractivity (Wildman–Crippen MR) is 255 cm³/mol. The summed E-state index contributed by atoms with van der Waals surface area (Å²) in [6, 6.07) is 80.0. The van der Waals surface area contributed by atoms with E-state index in [0.29, 0.717) is 0 Å². The Kier molecular flexibility index (Phi) is 8.17. The summed E-state index contributed by atoms with van der Waals surface area (Å²) in [4.78, 5) is 2.37. The first-order valence-corrected chi connectivity index (χ1v) is 20.7. The van der Waals surface area contributed by atoms with Gasteiger partial charge in [0.05, 0.1) is 11.1 Å². The third-order valence-electron chi connectivity index (χ3n) is 12.0. The van der Waals surface area contributed by atoms with Gasteiger partial charge in [-0.1, -0.05) is 146 Å². The van der Waals surface area contributed by atoms with Crippen LogP contribution in [0, 0.1) is 0 Å². The third kappa shape index (κ3) is 6.06. The summed E-state index contributed by atoms with van der Waals surface area (Å²) in [5.74, 6) is 0. The molecular formula is C58H37NO2. The van der Waals surface area contributed by atoms with E-state index in [2.05, 4.69) is 217 Å². The molecule has 0 amide bonds. The van der Waals surface area contributed by atoms with Gasteiger partial charge in [0.2, 0.25) is 0 Å². The van der Waals surface area contributed by atoms with Crippen LogP contribution in [0.3, 0.4) is 0 Å². The van der Waals surface area contributed by atoms with E-state index in [4.69, 9.17) is 8.83 Å². The Morgan fingerprint density at radius 2 is 0.836 bits per heavy atom.